The minimum Gasteiger partial charge on any atom is -0.472 e. The van der Waals surface area contributed by atoms with Gasteiger partial charge in [-0.2, -0.15) is 9.97 Å². The molecule has 5 aliphatic rings. The minimum atomic E-state index is -2.11. The number of halogens is 2. The molecule has 6 atom stereocenters. The van der Waals surface area contributed by atoms with Crippen LogP contribution in [0.2, 0.25) is 16.6 Å². The van der Waals surface area contributed by atoms with E-state index >= 15 is 4.39 Å². The number of piperazine rings is 1. The highest BCUT2D eigenvalue weighted by Crippen LogP contribution is 2.48. The number of rotatable bonds is 7. The van der Waals surface area contributed by atoms with Crippen molar-refractivity contribution in [3.8, 4) is 34.6 Å². The van der Waals surface area contributed by atoms with Crippen LogP contribution in [0, 0.1) is 17.3 Å². The molecule has 0 saturated carbocycles. The van der Waals surface area contributed by atoms with Crippen LogP contribution in [0.5, 0.6) is 11.9 Å². The van der Waals surface area contributed by atoms with Crippen LogP contribution in [-0.2, 0) is 4.74 Å². The molecule has 4 saturated heterocycles. The molecule has 5 aliphatic heterocycles. The van der Waals surface area contributed by atoms with Crippen molar-refractivity contribution in [2.45, 2.75) is 160 Å². The van der Waals surface area contributed by atoms with E-state index < -0.39 is 37.3 Å². The monoisotopic (exact) mass is 864 g/mol. The van der Waals surface area contributed by atoms with Gasteiger partial charge in [-0.25, -0.2) is 18.6 Å². The van der Waals surface area contributed by atoms with Gasteiger partial charge in [-0.05, 0) is 88.0 Å². The second-order valence-corrected chi connectivity index (χ2v) is 26.1. The Morgan fingerprint density at radius 3 is 2.44 bits per heavy atom. The number of carbonyl (C=O) groups is 1. The fraction of sp³-hybridized carbons (Fsp3) is 0.592. The molecule has 7 heterocycles. The minimum absolute atomic E-state index is 0.0232. The second kappa shape index (κ2) is 15.6. The zero-order chi connectivity index (χ0) is 44.0. The molecule has 0 spiro atoms. The summed E-state index contributed by atoms with van der Waals surface area (Å²) in [4.78, 5) is 35.0. The second-order valence-electron chi connectivity index (χ2n) is 20.5. The SMILES string of the molecule is CC(C)[Si](C#Cc1cccc2cccc(-c3nc4c5c(nc(OC[C@@]67CCCN6C[C@H](F)C7)nc5c3F)N3C[C@H]5CC[C@@H]([C@H]3[C@H](C)O4)N5C(=O)OC(C)(C)C)c12)(C(C)C)C(C)C. The third-order valence-corrected chi connectivity index (χ3v) is 21.0. The molecule has 2 aromatic heterocycles. The summed E-state index contributed by atoms with van der Waals surface area (Å²) in [5, 5.41) is 2.11. The van der Waals surface area contributed by atoms with Crippen LogP contribution < -0.4 is 14.4 Å². The van der Waals surface area contributed by atoms with Crippen LogP contribution in [0.3, 0.4) is 0 Å². The lowest BCUT2D eigenvalue weighted by molar-refractivity contribution is 0.000935. The first kappa shape index (κ1) is 42.7. The molecule has 10 nitrogen and oxygen atoms in total. The molecule has 9 rings (SSSR count). The van der Waals surface area contributed by atoms with Crippen molar-refractivity contribution in [3.05, 3.63) is 47.8 Å². The van der Waals surface area contributed by atoms with Crippen molar-refractivity contribution in [2.24, 2.45) is 0 Å². The van der Waals surface area contributed by atoms with Gasteiger partial charge in [0, 0.05) is 36.0 Å². The van der Waals surface area contributed by atoms with E-state index in [1.54, 1.807) is 0 Å². The average molecular weight is 865 g/mol. The lowest BCUT2D eigenvalue weighted by Gasteiger charge is -2.48. The van der Waals surface area contributed by atoms with Gasteiger partial charge in [-0.3, -0.25) is 9.80 Å². The summed E-state index contributed by atoms with van der Waals surface area (Å²) in [5.41, 5.74) is 5.65. The highest BCUT2D eigenvalue weighted by atomic mass is 28.3. The maximum Gasteiger partial charge on any atom is 0.410 e. The molecule has 2 bridgehead atoms. The molecule has 62 heavy (non-hydrogen) atoms. The number of anilines is 1. The maximum atomic E-state index is 17.9. The van der Waals surface area contributed by atoms with Crippen molar-refractivity contribution in [1.29, 1.82) is 0 Å². The van der Waals surface area contributed by atoms with E-state index in [-0.39, 0.29) is 53.9 Å². The van der Waals surface area contributed by atoms with Gasteiger partial charge >= 0.3 is 12.1 Å². The van der Waals surface area contributed by atoms with Gasteiger partial charge in [0.15, 0.2) is 5.82 Å². The molecule has 0 unspecified atom stereocenters. The van der Waals surface area contributed by atoms with E-state index in [0.717, 1.165) is 48.6 Å². The first-order chi connectivity index (χ1) is 29.4. The number of amides is 1. The molecule has 13 heteroatoms. The number of ether oxygens (including phenoxy) is 3. The first-order valence-corrected chi connectivity index (χ1v) is 25.1. The Kier molecular flexibility index (Phi) is 10.8. The van der Waals surface area contributed by atoms with E-state index in [9.17, 15) is 9.18 Å². The van der Waals surface area contributed by atoms with E-state index in [0.29, 0.717) is 52.9 Å². The standard InChI is InChI=1S/C49H62F2N6O4Si/c1-28(2)62(29(3)4,30(5)6)23-20-33-15-11-14-32-16-12-17-36(38(32)33)41-40(51)42-39-44(54-46(53-42)59-27-49-21-13-22-55(49)25-34(50)24-49)56-26-35-18-19-37(43(56)31(7)60-45(39)52-41)57(35)47(58)61-48(8,9)10/h11-12,14-17,28-31,34-35,37,43H,13,18-19,21-22,24-27H2,1-10H3/t31-,34+,35+,37-,43+,49-/m0/s1. The number of aromatic nitrogens is 3. The molecule has 0 aliphatic carbocycles. The Morgan fingerprint density at radius 1 is 1.00 bits per heavy atom. The Balaban J connectivity index is 1.21. The maximum absolute atomic E-state index is 17.9. The van der Waals surface area contributed by atoms with Gasteiger partial charge < -0.3 is 19.1 Å². The predicted molar refractivity (Wildman–Crippen MR) is 243 cm³/mol. The van der Waals surface area contributed by atoms with Crippen molar-refractivity contribution >= 4 is 41.7 Å². The molecule has 4 fully saturated rings. The van der Waals surface area contributed by atoms with E-state index in [4.69, 9.17) is 29.2 Å². The van der Waals surface area contributed by atoms with E-state index in [1.807, 2.05) is 69.0 Å². The molecule has 0 N–H and O–H groups in total. The molecule has 4 aromatic rings. The van der Waals surface area contributed by atoms with Crippen LogP contribution >= 0.6 is 0 Å². The van der Waals surface area contributed by atoms with E-state index in [2.05, 4.69) is 62.8 Å². The summed E-state index contributed by atoms with van der Waals surface area (Å²) in [6.45, 7) is 23.2. The first-order valence-electron chi connectivity index (χ1n) is 22.9. The van der Waals surface area contributed by atoms with Crippen molar-refractivity contribution in [2.75, 3.05) is 31.1 Å². The van der Waals surface area contributed by atoms with E-state index in [1.165, 1.54) is 0 Å². The fourth-order valence-corrected chi connectivity index (χ4v) is 17.4. The van der Waals surface area contributed by atoms with Gasteiger partial charge in [-0.15, -0.1) is 5.54 Å². The summed E-state index contributed by atoms with van der Waals surface area (Å²) >= 11 is 0. The number of alkyl halides is 1. The predicted octanol–water partition coefficient (Wildman–Crippen LogP) is 10.2. The highest BCUT2D eigenvalue weighted by Gasteiger charge is 2.54. The average Bonchev–Trinajstić information content (AvgIpc) is 3.81. The van der Waals surface area contributed by atoms with Crippen LogP contribution in [-0.4, -0.2) is 107 Å². The summed E-state index contributed by atoms with van der Waals surface area (Å²) in [6.07, 6.45) is 1.91. The number of carbonyl (C=O) groups excluding carboxylic acids is 1. The Labute approximate surface area is 366 Å². The van der Waals surface area contributed by atoms with Crippen molar-refractivity contribution in [3.63, 3.8) is 0 Å². The Morgan fingerprint density at radius 2 is 1.73 bits per heavy atom. The molecule has 330 valence electrons. The fourth-order valence-electron chi connectivity index (χ4n) is 12.2. The molecule has 2 aromatic carbocycles. The number of hydrogen-bond acceptors (Lipinski definition) is 9. The van der Waals surface area contributed by atoms with Gasteiger partial charge in [0.1, 0.15) is 55.0 Å². The topological polar surface area (TPSA) is 93.2 Å². The zero-order valence-electron chi connectivity index (χ0n) is 38.0. The third-order valence-electron chi connectivity index (χ3n) is 14.7. The summed E-state index contributed by atoms with van der Waals surface area (Å²) in [5.74, 6) is 3.74. The lowest BCUT2D eigenvalue weighted by atomic mass is 9.95. The van der Waals surface area contributed by atoms with Crippen molar-refractivity contribution < 1.29 is 27.8 Å². The number of fused-ring (bicyclic) bond motifs is 7. The largest absolute Gasteiger partial charge is 0.472 e. The van der Waals surface area contributed by atoms with Crippen LogP contribution in [0.25, 0.3) is 32.9 Å². The summed E-state index contributed by atoms with van der Waals surface area (Å²) in [6, 6.07) is 11.2. The third kappa shape index (κ3) is 6.98. The zero-order valence-corrected chi connectivity index (χ0v) is 39.0. The molecule has 0 radical (unpaired) electrons. The number of nitrogens with zero attached hydrogens (tertiary/aromatic N) is 6. The lowest BCUT2D eigenvalue weighted by Crippen LogP contribution is -2.65. The van der Waals surface area contributed by atoms with Gasteiger partial charge in [0.2, 0.25) is 5.88 Å². The van der Waals surface area contributed by atoms with Crippen LogP contribution in [0.1, 0.15) is 107 Å². The normalized spacial score (nSPS) is 25.9. The van der Waals surface area contributed by atoms with Crippen LogP contribution in [0.4, 0.5) is 19.4 Å². The Hall–Kier alpha value is -4.54. The Bertz CT molecular complexity index is 2460. The molecular weight excluding hydrogens is 803 g/mol. The van der Waals surface area contributed by atoms with Gasteiger partial charge in [-0.1, -0.05) is 77.8 Å². The highest BCUT2D eigenvalue weighted by molar-refractivity contribution is 6.90. The quantitative estimate of drug-likeness (QED) is 0.133. The van der Waals surface area contributed by atoms with Crippen molar-refractivity contribution in [1.82, 2.24) is 24.8 Å². The van der Waals surface area contributed by atoms with Crippen LogP contribution in [0.15, 0.2) is 36.4 Å². The number of pyridine rings is 1. The molecule has 1 amide bonds. The summed E-state index contributed by atoms with van der Waals surface area (Å²) < 4.78 is 52.1. The van der Waals surface area contributed by atoms with Gasteiger partial charge in [0.05, 0.1) is 23.7 Å². The number of hydrogen-bond donors (Lipinski definition) is 0. The summed E-state index contributed by atoms with van der Waals surface area (Å²) in [7, 11) is -2.11. The molecular formula is C49H62F2N6O4Si. The van der Waals surface area contributed by atoms with Gasteiger partial charge in [0.25, 0.3) is 0 Å². The number of benzene rings is 2. The smallest absolute Gasteiger partial charge is 0.410 e.